The van der Waals surface area contributed by atoms with Crippen molar-refractivity contribution in [1.82, 2.24) is 4.98 Å². The summed E-state index contributed by atoms with van der Waals surface area (Å²) in [5.41, 5.74) is -3.19. The summed E-state index contributed by atoms with van der Waals surface area (Å²) < 4.78 is 61.1. The molecule has 4 nitrogen and oxygen atoms in total. The van der Waals surface area contributed by atoms with E-state index in [1.165, 1.54) is 0 Å². The summed E-state index contributed by atoms with van der Waals surface area (Å²) in [7, 11) is 0. The van der Waals surface area contributed by atoms with Crippen LogP contribution in [-0.2, 0) is 6.18 Å². The lowest BCUT2D eigenvalue weighted by Gasteiger charge is -2.11. The molecule has 0 unspecified atom stereocenters. The summed E-state index contributed by atoms with van der Waals surface area (Å²) in [6.45, 7) is 0. The molecule has 0 fully saturated rings. The summed E-state index contributed by atoms with van der Waals surface area (Å²) in [4.78, 5) is 12.1. The van der Waals surface area contributed by atoms with Gasteiger partial charge in [-0.25, -0.2) is 8.78 Å². The third-order valence-electron chi connectivity index (χ3n) is 1.70. The van der Waals surface area contributed by atoms with Crippen LogP contribution in [0.25, 0.3) is 0 Å². The monoisotopic (exact) mass is 320 g/mol. The van der Waals surface area contributed by atoms with E-state index in [1.54, 1.807) is 0 Å². The Morgan fingerprint density at radius 1 is 1.41 bits per heavy atom. The Kier molecular flexibility index (Phi) is 3.65. The largest absolute Gasteiger partial charge is 0.421 e. The Morgan fingerprint density at radius 3 is 2.29 bits per heavy atom. The fourth-order valence-corrected chi connectivity index (χ4v) is 1.70. The molecule has 1 aromatic heterocycles. The van der Waals surface area contributed by atoms with Crippen molar-refractivity contribution >= 4 is 21.7 Å². The first-order valence-corrected chi connectivity index (χ1v) is 4.64. The molecule has 0 spiro atoms. The molecule has 94 valence electrons. The molecule has 0 saturated heterocycles. The number of nitro groups is 1. The molecule has 1 heterocycles. The van der Waals surface area contributed by atoms with Gasteiger partial charge in [0.05, 0.1) is 0 Å². The number of hydrogen-bond acceptors (Lipinski definition) is 3. The van der Waals surface area contributed by atoms with Crippen LogP contribution in [0.15, 0.2) is 10.7 Å². The van der Waals surface area contributed by atoms with Gasteiger partial charge in [0.2, 0.25) is 4.60 Å². The summed E-state index contributed by atoms with van der Waals surface area (Å²) >= 11 is 2.30. The van der Waals surface area contributed by atoms with Gasteiger partial charge in [0.15, 0.2) is 0 Å². The van der Waals surface area contributed by atoms with Crippen LogP contribution >= 0.6 is 15.9 Å². The van der Waals surface area contributed by atoms with E-state index in [1.807, 2.05) is 0 Å². The zero-order valence-corrected chi connectivity index (χ0v) is 9.22. The van der Waals surface area contributed by atoms with Gasteiger partial charge in [0, 0.05) is 27.6 Å². The Labute approximate surface area is 98.7 Å². The number of alkyl halides is 5. The maximum absolute atomic E-state index is 12.4. The van der Waals surface area contributed by atoms with Crippen molar-refractivity contribution in [3.05, 3.63) is 31.9 Å². The number of halogens is 6. The van der Waals surface area contributed by atoms with Gasteiger partial charge in [-0.15, -0.1) is 0 Å². The molecule has 0 radical (unpaired) electrons. The van der Waals surface area contributed by atoms with Crippen LogP contribution in [0.3, 0.4) is 0 Å². The predicted octanol–water partition coefficient (Wildman–Crippen LogP) is 3.71. The van der Waals surface area contributed by atoms with Crippen molar-refractivity contribution in [3.63, 3.8) is 0 Å². The highest BCUT2D eigenvalue weighted by Gasteiger charge is 2.41. The molecule has 17 heavy (non-hydrogen) atoms. The standard InChI is InChI=1S/C7H2BrF5N2O2/c8-5-4(7(11,12)13)2(6(9)10)1-3(14-5)15(16)17/h1,6H. The second kappa shape index (κ2) is 4.51. The second-order valence-corrected chi connectivity index (χ2v) is 3.54. The fraction of sp³-hybridized carbons (Fsp3) is 0.286. The molecule has 0 aromatic carbocycles. The summed E-state index contributed by atoms with van der Waals surface area (Å²) in [6.07, 6.45) is -8.57. The first kappa shape index (κ1) is 13.7. The van der Waals surface area contributed by atoms with E-state index < -0.39 is 39.1 Å². The zero-order chi connectivity index (χ0) is 13.4. The lowest BCUT2D eigenvalue weighted by molar-refractivity contribution is -0.389. The van der Waals surface area contributed by atoms with Crippen LogP contribution in [0.1, 0.15) is 17.6 Å². The van der Waals surface area contributed by atoms with Gasteiger partial charge < -0.3 is 10.1 Å². The number of nitrogens with zero attached hydrogens (tertiary/aromatic N) is 2. The van der Waals surface area contributed by atoms with Crippen molar-refractivity contribution < 1.29 is 26.9 Å². The molecule has 0 atom stereocenters. The highest BCUT2D eigenvalue weighted by atomic mass is 79.9. The van der Waals surface area contributed by atoms with E-state index in [-0.39, 0.29) is 6.07 Å². The Hall–Kier alpha value is -1.32. The van der Waals surface area contributed by atoms with Gasteiger partial charge in [-0.2, -0.15) is 13.2 Å². The molecule has 0 aliphatic heterocycles. The molecule has 0 bridgehead atoms. The van der Waals surface area contributed by atoms with E-state index >= 15 is 0 Å². The number of pyridine rings is 1. The summed E-state index contributed by atoms with van der Waals surface area (Å²) in [5, 5.41) is 10.3. The average molecular weight is 321 g/mol. The minimum absolute atomic E-state index is 0.109. The maximum Gasteiger partial charge on any atom is 0.421 e. The molecule has 0 amide bonds. The Morgan fingerprint density at radius 2 is 1.94 bits per heavy atom. The quantitative estimate of drug-likeness (QED) is 0.361. The number of aromatic nitrogens is 1. The van der Waals surface area contributed by atoms with Crippen molar-refractivity contribution in [2.75, 3.05) is 0 Å². The van der Waals surface area contributed by atoms with Gasteiger partial charge in [0.25, 0.3) is 6.43 Å². The Balaban J connectivity index is 3.55. The predicted molar refractivity (Wildman–Crippen MR) is 48.6 cm³/mol. The molecule has 0 N–H and O–H groups in total. The average Bonchev–Trinajstić information content (AvgIpc) is 2.13. The highest BCUT2D eigenvalue weighted by Crippen LogP contribution is 2.41. The minimum Gasteiger partial charge on any atom is -0.358 e. The SMILES string of the molecule is O=[N+]([O-])c1cc(C(F)F)c(C(F)(F)F)c(Br)n1. The second-order valence-electron chi connectivity index (χ2n) is 2.79. The van der Waals surface area contributed by atoms with Gasteiger partial charge in [0.1, 0.15) is 5.56 Å². The normalized spacial score (nSPS) is 11.9. The minimum atomic E-state index is -5.08. The zero-order valence-electron chi connectivity index (χ0n) is 7.63. The topological polar surface area (TPSA) is 56.0 Å². The van der Waals surface area contributed by atoms with Crippen LogP contribution in [-0.4, -0.2) is 9.91 Å². The molecule has 0 aliphatic rings. The first-order chi connectivity index (χ1) is 7.64. The lowest BCUT2D eigenvalue weighted by atomic mass is 10.1. The van der Waals surface area contributed by atoms with Crippen LogP contribution < -0.4 is 0 Å². The van der Waals surface area contributed by atoms with Gasteiger partial charge >= 0.3 is 12.0 Å². The van der Waals surface area contributed by atoms with Crippen LogP contribution in [0.2, 0.25) is 0 Å². The number of hydrogen-bond donors (Lipinski definition) is 0. The van der Waals surface area contributed by atoms with E-state index in [0.717, 1.165) is 0 Å². The summed E-state index contributed by atoms with van der Waals surface area (Å²) in [6, 6.07) is 0.109. The van der Waals surface area contributed by atoms with E-state index in [9.17, 15) is 32.1 Å². The van der Waals surface area contributed by atoms with Crippen LogP contribution in [0, 0.1) is 10.1 Å². The molecule has 10 heteroatoms. The fourth-order valence-electron chi connectivity index (χ4n) is 1.07. The van der Waals surface area contributed by atoms with E-state index in [4.69, 9.17) is 0 Å². The van der Waals surface area contributed by atoms with Gasteiger partial charge in [-0.3, -0.25) is 0 Å². The van der Waals surface area contributed by atoms with Crippen molar-refractivity contribution in [2.24, 2.45) is 0 Å². The molecular formula is C7H2BrF5N2O2. The van der Waals surface area contributed by atoms with Crippen molar-refractivity contribution in [3.8, 4) is 0 Å². The van der Waals surface area contributed by atoms with Gasteiger partial charge in [-0.1, -0.05) is 0 Å². The molecule has 1 rings (SSSR count). The van der Waals surface area contributed by atoms with E-state index in [2.05, 4.69) is 20.9 Å². The highest BCUT2D eigenvalue weighted by molar-refractivity contribution is 9.10. The smallest absolute Gasteiger partial charge is 0.358 e. The molecular weight excluding hydrogens is 319 g/mol. The summed E-state index contributed by atoms with van der Waals surface area (Å²) in [5.74, 6) is -1.08. The van der Waals surface area contributed by atoms with Crippen LogP contribution in [0.5, 0.6) is 0 Å². The van der Waals surface area contributed by atoms with Gasteiger partial charge in [-0.05, 0) is 9.91 Å². The lowest BCUT2D eigenvalue weighted by Crippen LogP contribution is -2.13. The van der Waals surface area contributed by atoms with Crippen molar-refractivity contribution in [2.45, 2.75) is 12.6 Å². The third-order valence-corrected chi connectivity index (χ3v) is 2.27. The third kappa shape index (κ3) is 2.87. The first-order valence-electron chi connectivity index (χ1n) is 3.84. The van der Waals surface area contributed by atoms with Crippen LogP contribution in [0.4, 0.5) is 27.8 Å². The molecule has 0 saturated carbocycles. The number of rotatable bonds is 2. The molecule has 1 aromatic rings. The van der Waals surface area contributed by atoms with Crippen molar-refractivity contribution in [1.29, 1.82) is 0 Å². The molecule has 0 aliphatic carbocycles. The maximum atomic E-state index is 12.4. The Bertz CT molecular complexity index is 462. The van der Waals surface area contributed by atoms with E-state index in [0.29, 0.717) is 0 Å².